The molecular formula is C18H14Se. The molecule has 92 valence electrons. The van der Waals surface area contributed by atoms with Gasteiger partial charge in [0.15, 0.2) is 0 Å². The van der Waals surface area contributed by atoms with Gasteiger partial charge < -0.3 is 0 Å². The van der Waals surface area contributed by atoms with Gasteiger partial charge >= 0.3 is 119 Å². The van der Waals surface area contributed by atoms with E-state index in [2.05, 4.69) is 60.7 Å². The predicted molar refractivity (Wildman–Crippen MR) is 79.4 cm³/mol. The zero-order chi connectivity index (χ0) is 12.4. The molecule has 1 heterocycles. The second-order valence-corrected chi connectivity index (χ2v) is 8.83. The molecule has 0 aromatic heterocycles. The molecule has 0 radical (unpaired) electrons. The second-order valence-electron chi connectivity index (χ2n) is 5.71. The molecule has 19 heavy (non-hydrogen) atoms. The minimum absolute atomic E-state index is 0.347. The summed E-state index contributed by atoms with van der Waals surface area (Å²) in [7, 11) is 0. The SMILES string of the molecule is C1=CC2CC1[Se]C21c2ccccc2-c2ccccc21. The molecule has 1 spiro atoms. The van der Waals surface area contributed by atoms with E-state index < -0.39 is 0 Å². The fourth-order valence-electron chi connectivity index (χ4n) is 4.14. The number of allylic oxidation sites excluding steroid dienone is 2. The van der Waals surface area contributed by atoms with Gasteiger partial charge in [-0.1, -0.05) is 0 Å². The first kappa shape index (κ1) is 10.5. The molecule has 0 nitrogen and oxygen atoms in total. The van der Waals surface area contributed by atoms with Crippen LogP contribution in [-0.2, 0) is 4.31 Å². The van der Waals surface area contributed by atoms with Crippen LogP contribution in [0, 0.1) is 5.92 Å². The van der Waals surface area contributed by atoms with E-state index in [0.29, 0.717) is 19.3 Å². The Bertz CT molecular complexity index is 668. The Morgan fingerprint density at radius 1 is 0.842 bits per heavy atom. The quantitative estimate of drug-likeness (QED) is 0.510. The molecule has 2 unspecified atom stereocenters. The van der Waals surface area contributed by atoms with Crippen LogP contribution in [0.15, 0.2) is 60.7 Å². The monoisotopic (exact) mass is 310 g/mol. The first-order valence-electron chi connectivity index (χ1n) is 6.95. The van der Waals surface area contributed by atoms with Gasteiger partial charge in [0, 0.05) is 0 Å². The summed E-state index contributed by atoms with van der Waals surface area (Å²) in [5.74, 6) is 0.738. The summed E-state index contributed by atoms with van der Waals surface area (Å²) >= 11 is 0.662. The molecular weight excluding hydrogens is 295 g/mol. The Morgan fingerprint density at radius 2 is 1.47 bits per heavy atom. The zero-order valence-electron chi connectivity index (χ0n) is 10.5. The fraction of sp³-hybridized carbons (Fsp3) is 0.222. The van der Waals surface area contributed by atoms with Crippen molar-refractivity contribution in [2.24, 2.45) is 5.92 Å². The molecule has 1 aliphatic heterocycles. The average molecular weight is 309 g/mol. The summed E-state index contributed by atoms with van der Waals surface area (Å²) in [6.07, 6.45) is 6.34. The van der Waals surface area contributed by atoms with Gasteiger partial charge in [0.1, 0.15) is 0 Å². The zero-order valence-corrected chi connectivity index (χ0v) is 12.3. The summed E-state index contributed by atoms with van der Waals surface area (Å²) in [5, 5.41) is 0. The average Bonchev–Trinajstić information content (AvgIpc) is 3.14. The van der Waals surface area contributed by atoms with E-state index in [9.17, 15) is 0 Å². The second kappa shape index (κ2) is 3.42. The van der Waals surface area contributed by atoms with Gasteiger partial charge in [0.05, 0.1) is 0 Å². The standard InChI is InChI=1S/C18H14Se/c1-3-7-16-14(5-1)15-6-2-4-8-17(15)18(16)12-9-10-13(11-12)19-18/h1-10,12-13H,11H2. The van der Waals surface area contributed by atoms with Crippen molar-refractivity contribution in [3.05, 3.63) is 71.8 Å². The minimum atomic E-state index is 0.347. The van der Waals surface area contributed by atoms with Crippen molar-refractivity contribution in [3.8, 4) is 11.1 Å². The molecule has 0 saturated carbocycles. The molecule has 5 rings (SSSR count). The van der Waals surface area contributed by atoms with Crippen LogP contribution in [0.25, 0.3) is 11.1 Å². The Hall–Kier alpha value is -1.30. The Kier molecular flexibility index (Phi) is 1.89. The number of rotatable bonds is 0. The molecule has 2 aromatic rings. The van der Waals surface area contributed by atoms with Crippen LogP contribution in [0.2, 0.25) is 4.82 Å². The molecule has 2 bridgehead atoms. The Balaban J connectivity index is 1.90. The first-order valence-corrected chi connectivity index (χ1v) is 8.80. The molecule has 0 amide bonds. The molecule has 2 aromatic carbocycles. The van der Waals surface area contributed by atoms with E-state index in [1.807, 2.05) is 0 Å². The molecule has 1 saturated heterocycles. The van der Waals surface area contributed by atoms with Gasteiger partial charge in [0.2, 0.25) is 0 Å². The van der Waals surface area contributed by atoms with Crippen molar-refractivity contribution in [2.75, 3.05) is 0 Å². The van der Waals surface area contributed by atoms with Gasteiger partial charge in [-0.25, -0.2) is 0 Å². The van der Waals surface area contributed by atoms with Gasteiger partial charge in [-0.2, -0.15) is 0 Å². The Morgan fingerprint density at radius 3 is 2.00 bits per heavy atom. The van der Waals surface area contributed by atoms with E-state index in [0.717, 1.165) is 10.7 Å². The van der Waals surface area contributed by atoms with Crippen LogP contribution in [0.5, 0.6) is 0 Å². The van der Waals surface area contributed by atoms with Gasteiger partial charge in [-0.05, 0) is 0 Å². The number of benzene rings is 2. The van der Waals surface area contributed by atoms with E-state index in [1.165, 1.54) is 17.5 Å². The van der Waals surface area contributed by atoms with E-state index in [4.69, 9.17) is 0 Å². The molecule has 1 fully saturated rings. The fourth-order valence-corrected chi connectivity index (χ4v) is 8.14. The van der Waals surface area contributed by atoms with Gasteiger partial charge in [0.25, 0.3) is 0 Å². The molecule has 0 N–H and O–H groups in total. The van der Waals surface area contributed by atoms with E-state index >= 15 is 0 Å². The maximum absolute atomic E-state index is 2.49. The van der Waals surface area contributed by atoms with Crippen LogP contribution in [0.3, 0.4) is 0 Å². The van der Waals surface area contributed by atoms with Crippen LogP contribution in [-0.4, -0.2) is 15.0 Å². The van der Waals surface area contributed by atoms with Crippen molar-refractivity contribution < 1.29 is 0 Å². The Labute approximate surface area is 119 Å². The summed E-state index contributed by atoms with van der Waals surface area (Å²) in [6, 6.07) is 18.2. The van der Waals surface area contributed by atoms with E-state index in [-0.39, 0.29) is 0 Å². The van der Waals surface area contributed by atoms with E-state index in [1.54, 1.807) is 11.1 Å². The van der Waals surface area contributed by atoms with Crippen LogP contribution in [0.1, 0.15) is 17.5 Å². The third-order valence-corrected chi connectivity index (χ3v) is 8.55. The number of hydrogen-bond acceptors (Lipinski definition) is 0. The van der Waals surface area contributed by atoms with Crippen LogP contribution in [0.4, 0.5) is 0 Å². The molecule has 3 aliphatic rings. The van der Waals surface area contributed by atoms with Crippen molar-refractivity contribution in [2.45, 2.75) is 15.6 Å². The molecule has 2 aliphatic carbocycles. The van der Waals surface area contributed by atoms with Gasteiger partial charge in [-0.15, -0.1) is 0 Å². The summed E-state index contributed by atoms with van der Waals surface area (Å²) in [6.45, 7) is 0. The maximum atomic E-state index is 2.49. The topological polar surface area (TPSA) is 0 Å². The number of hydrogen-bond donors (Lipinski definition) is 0. The summed E-state index contributed by atoms with van der Waals surface area (Å²) in [5.41, 5.74) is 6.18. The van der Waals surface area contributed by atoms with Crippen molar-refractivity contribution in [1.29, 1.82) is 0 Å². The predicted octanol–water partition coefficient (Wildman–Crippen LogP) is 3.99. The summed E-state index contributed by atoms with van der Waals surface area (Å²) in [4.78, 5) is 0.858. The molecule has 2 atom stereocenters. The van der Waals surface area contributed by atoms with Crippen LogP contribution < -0.4 is 0 Å². The first-order chi connectivity index (χ1) is 9.39. The van der Waals surface area contributed by atoms with Crippen molar-refractivity contribution in [3.63, 3.8) is 0 Å². The van der Waals surface area contributed by atoms with Crippen molar-refractivity contribution in [1.82, 2.24) is 0 Å². The third-order valence-electron chi connectivity index (χ3n) is 4.85. The summed E-state index contributed by atoms with van der Waals surface area (Å²) < 4.78 is 0.347. The van der Waals surface area contributed by atoms with Crippen LogP contribution >= 0.6 is 0 Å². The van der Waals surface area contributed by atoms with Crippen molar-refractivity contribution >= 4 is 15.0 Å². The number of fused-ring (bicyclic) bond motifs is 8. The molecule has 1 heteroatoms. The third kappa shape index (κ3) is 1.12. The normalized spacial score (nSPS) is 27.8. The van der Waals surface area contributed by atoms with Gasteiger partial charge in [-0.3, -0.25) is 0 Å².